The molecule has 2 aliphatic rings. The Labute approximate surface area is 228 Å². The van der Waals surface area contributed by atoms with Gasteiger partial charge in [0, 0.05) is 62.8 Å². The summed E-state index contributed by atoms with van der Waals surface area (Å²) >= 11 is 0. The summed E-state index contributed by atoms with van der Waals surface area (Å²) < 4.78 is 5.66. The van der Waals surface area contributed by atoms with Crippen molar-refractivity contribution in [3.63, 3.8) is 0 Å². The van der Waals surface area contributed by atoms with Gasteiger partial charge in [-0.3, -0.25) is 9.80 Å². The van der Waals surface area contributed by atoms with Crippen LogP contribution in [0.25, 0.3) is 0 Å². The Kier molecular flexibility index (Phi) is 11.8. The number of fused-ring (bicyclic) bond motifs is 1. The Hall–Kier alpha value is -1.79. The number of nitrogens with zero attached hydrogens (tertiary/aromatic N) is 2. The molecule has 0 aromatic heterocycles. The minimum atomic E-state index is 0. The van der Waals surface area contributed by atoms with Crippen LogP contribution in [0.4, 0.5) is 0 Å². The second kappa shape index (κ2) is 14.1. The molecule has 2 aliphatic heterocycles. The summed E-state index contributed by atoms with van der Waals surface area (Å²) in [6, 6.07) is 31.5. The highest BCUT2D eigenvalue weighted by atomic mass is 35.5. The fourth-order valence-electron chi connectivity index (χ4n) is 5.58. The van der Waals surface area contributed by atoms with Crippen LogP contribution in [0, 0.1) is 0 Å². The molecule has 0 saturated carbocycles. The van der Waals surface area contributed by atoms with Crippen LogP contribution in [-0.4, -0.2) is 61.7 Å². The predicted molar refractivity (Wildman–Crippen MR) is 152 cm³/mol. The molecule has 0 aliphatic carbocycles. The van der Waals surface area contributed by atoms with Crippen LogP contribution in [0.3, 0.4) is 0 Å². The number of ether oxygens (including phenoxy) is 1. The molecular weight excluding hydrogens is 501 g/mol. The number of hydrogen-bond acceptors (Lipinski definition) is 4. The Morgan fingerprint density at radius 2 is 1.43 bits per heavy atom. The van der Waals surface area contributed by atoms with Gasteiger partial charge in [-0.15, -0.1) is 37.2 Å². The second-order valence-corrected chi connectivity index (χ2v) is 8.97. The first-order chi connectivity index (χ1) is 15.8. The number of para-hydroxylation sites is 1. The molecule has 2 saturated heterocycles. The van der Waals surface area contributed by atoms with Crippen LogP contribution >= 0.6 is 37.2 Å². The fraction of sp³-hybridized carbons (Fsp3) is 0.357. The lowest BCUT2D eigenvalue weighted by atomic mass is 9.81. The van der Waals surface area contributed by atoms with Crippen molar-refractivity contribution < 1.29 is 4.74 Å². The predicted octanol–water partition coefficient (Wildman–Crippen LogP) is 5.25. The van der Waals surface area contributed by atoms with Gasteiger partial charge in [-0.05, 0) is 17.2 Å². The number of halogens is 3. The minimum absolute atomic E-state index is 0. The molecule has 0 spiro atoms. The second-order valence-electron chi connectivity index (χ2n) is 8.97. The highest BCUT2D eigenvalue weighted by Gasteiger charge is 2.40. The number of hydrogen-bond donors (Lipinski definition) is 1. The first kappa shape index (κ1) is 29.4. The van der Waals surface area contributed by atoms with Gasteiger partial charge in [0.1, 0.15) is 5.75 Å². The van der Waals surface area contributed by atoms with Crippen molar-refractivity contribution in [1.82, 2.24) is 15.1 Å². The monoisotopic (exact) mass is 535 g/mol. The molecule has 0 amide bonds. The van der Waals surface area contributed by atoms with Gasteiger partial charge in [-0.2, -0.15) is 0 Å². The SMILES string of the molecule is COc1ccccc1CN1CC2CNCCN2C(C(c2ccccc2)c2ccccc2)C1.Cl.Cl.Cl. The maximum absolute atomic E-state index is 5.66. The number of methoxy groups -OCH3 is 1. The van der Waals surface area contributed by atoms with E-state index < -0.39 is 0 Å². The van der Waals surface area contributed by atoms with Crippen molar-refractivity contribution in [2.75, 3.05) is 39.8 Å². The third kappa shape index (κ3) is 6.71. The van der Waals surface area contributed by atoms with E-state index in [0.717, 1.165) is 45.0 Å². The van der Waals surface area contributed by atoms with Gasteiger partial charge < -0.3 is 10.1 Å². The molecule has 4 nitrogen and oxygen atoms in total. The van der Waals surface area contributed by atoms with Gasteiger partial charge >= 0.3 is 0 Å². The van der Waals surface area contributed by atoms with Crippen molar-refractivity contribution in [1.29, 1.82) is 0 Å². The number of rotatable bonds is 6. The summed E-state index contributed by atoms with van der Waals surface area (Å²) in [6.45, 7) is 6.26. The van der Waals surface area contributed by atoms with Gasteiger partial charge in [-0.1, -0.05) is 78.9 Å². The summed E-state index contributed by atoms with van der Waals surface area (Å²) in [6.07, 6.45) is 0. The summed E-state index contributed by atoms with van der Waals surface area (Å²) in [7, 11) is 1.77. The van der Waals surface area contributed by atoms with Gasteiger partial charge in [0.2, 0.25) is 0 Å². The summed E-state index contributed by atoms with van der Waals surface area (Å²) in [5.41, 5.74) is 4.07. The third-order valence-corrected chi connectivity index (χ3v) is 7.02. The van der Waals surface area contributed by atoms with Crippen molar-refractivity contribution >= 4 is 37.2 Å². The number of benzene rings is 3. The lowest BCUT2D eigenvalue weighted by molar-refractivity contribution is -0.000633. The van der Waals surface area contributed by atoms with Gasteiger partial charge in [0.25, 0.3) is 0 Å². The maximum Gasteiger partial charge on any atom is 0.123 e. The van der Waals surface area contributed by atoms with Crippen molar-refractivity contribution in [3.8, 4) is 5.75 Å². The van der Waals surface area contributed by atoms with Crippen LogP contribution < -0.4 is 10.1 Å². The normalized spacial score (nSPS) is 20.1. The van der Waals surface area contributed by atoms with Crippen molar-refractivity contribution in [3.05, 3.63) is 102 Å². The zero-order chi connectivity index (χ0) is 21.8. The smallest absolute Gasteiger partial charge is 0.123 e. The van der Waals surface area contributed by atoms with Crippen LogP contribution in [0.5, 0.6) is 5.75 Å². The third-order valence-electron chi connectivity index (χ3n) is 7.02. The van der Waals surface area contributed by atoms with Crippen LogP contribution in [0.1, 0.15) is 22.6 Å². The van der Waals surface area contributed by atoms with E-state index in [4.69, 9.17) is 4.74 Å². The molecule has 3 aromatic carbocycles. The lowest BCUT2D eigenvalue weighted by Gasteiger charge is -2.52. The van der Waals surface area contributed by atoms with Crippen molar-refractivity contribution in [2.24, 2.45) is 0 Å². The van der Waals surface area contributed by atoms with E-state index in [9.17, 15) is 0 Å². The molecule has 2 atom stereocenters. The highest BCUT2D eigenvalue weighted by Crippen LogP contribution is 2.35. The first-order valence-corrected chi connectivity index (χ1v) is 11.7. The summed E-state index contributed by atoms with van der Waals surface area (Å²) in [5.74, 6) is 1.33. The topological polar surface area (TPSA) is 27.7 Å². The summed E-state index contributed by atoms with van der Waals surface area (Å²) in [4.78, 5) is 5.41. The zero-order valence-electron chi connectivity index (χ0n) is 20.1. The Bertz CT molecular complexity index is 969. The van der Waals surface area contributed by atoms with E-state index in [-0.39, 0.29) is 37.2 Å². The van der Waals surface area contributed by atoms with E-state index in [0.29, 0.717) is 18.0 Å². The van der Waals surface area contributed by atoms with E-state index in [1.54, 1.807) is 7.11 Å². The molecule has 0 radical (unpaired) electrons. The van der Waals surface area contributed by atoms with Gasteiger partial charge in [0.15, 0.2) is 0 Å². The van der Waals surface area contributed by atoms with Crippen LogP contribution in [0.15, 0.2) is 84.9 Å². The maximum atomic E-state index is 5.66. The summed E-state index contributed by atoms with van der Waals surface area (Å²) in [5, 5.41) is 3.64. The van der Waals surface area contributed by atoms with E-state index in [2.05, 4.69) is 100 Å². The Morgan fingerprint density at radius 1 is 0.829 bits per heavy atom. The van der Waals surface area contributed by atoms with Gasteiger partial charge in [-0.25, -0.2) is 0 Å². The highest BCUT2D eigenvalue weighted by molar-refractivity contribution is 5.86. The van der Waals surface area contributed by atoms with Crippen molar-refractivity contribution in [2.45, 2.75) is 24.5 Å². The molecule has 0 bridgehead atoms. The quantitative estimate of drug-likeness (QED) is 0.466. The first-order valence-electron chi connectivity index (χ1n) is 11.7. The van der Waals surface area contributed by atoms with Crippen LogP contribution in [0.2, 0.25) is 0 Å². The molecule has 3 aromatic rings. The van der Waals surface area contributed by atoms with E-state index >= 15 is 0 Å². The minimum Gasteiger partial charge on any atom is -0.496 e. The molecule has 2 unspecified atom stereocenters. The fourth-order valence-corrected chi connectivity index (χ4v) is 5.58. The Balaban J connectivity index is 0.00000144. The largest absolute Gasteiger partial charge is 0.496 e. The van der Waals surface area contributed by atoms with E-state index in [1.807, 2.05) is 0 Å². The molecule has 1 N–H and O–H groups in total. The molecule has 190 valence electrons. The van der Waals surface area contributed by atoms with E-state index in [1.165, 1.54) is 16.7 Å². The molecular formula is C28H36Cl3N3O. The molecule has 7 heteroatoms. The average Bonchev–Trinajstić information content (AvgIpc) is 2.86. The lowest BCUT2D eigenvalue weighted by Crippen LogP contribution is -2.66. The molecule has 5 rings (SSSR count). The Morgan fingerprint density at radius 3 is 2.06 bits per heavy atom. The molecule has 2 heterocycles. The zero-order valence-corrected chi connectivity index (χ0v) is 22.5. The average molecular weight is 537 g/mol. The number of piperazine rings is 2. The van der Waals surface area contributed by atoms with Gasteiger partial charge in [0.05, 0.1) is 7.11 Å². The molecule has 2 fully saturated rings. The van der Waals surface area contributed by atoms with Crippen LogP contribution in [-0.2, 0) is 6.54 Å². The number of nitrogens with one attached hydrogen (secondary N) is 1. The molecule has 35 heavy (non-hydrogen) atoms. The standard InChI is InChI=1S/C28H33N3O.3ClH/c1-32-27-15-9-8-14-24(27)19-30-20-25-18-29-16-17-31(25)26(21-30)28(22-10-4-2-5-11-22)23-12-6-3-7-13-23;;;/h2-15,25-26,28-29H,16-21H2,1H3;3*1H.